The molecule has 8 rings (SSSR count). The maximum absolute atomic E-state index is 2.41. The van der Waals surface area contributed by atoms with Gasteiger partial charge in [0.1, 0.15) is 0 Å². The fourth-order valence-corrected chi connectivity index (χ4v) is 6.57. The van der Waals surface area contributed by atoms with Crippen LogP contribution in [0.4, 0.5) is 0 Å². The minimum absolute atomic E-state index is 0.0959. The summed E-state index contributed by atoms with van der Waals surface area (Å²) in [5, 5.41) is 5.15. The molecule has 0 saturated carbocycles. The third-order valence-electron chi connectivity index (χ3n) is 8.66. The van der Waals surface area contributed by atoms with Crippen molar-refractivity contribution in [1.29, 1.82) is 0 Å². The number of rotatable bonds is 3. The largest absolute Gasteiger partial charge is 0.309 e. The van der Waals surface area contributed by atoms with Gasteiger partial charge in [-0.15, -0.1) is 0 Å². The lowest BCUT2D eigenvalue weighted by Crippen LogP contribution is -2.10. The first-order valence-corrected chi connectivity index (χ1v) is 15.7. The molecule has 2 heterocycles. The fraction of sp³-hybridized carbons (Fsp3) is 0.143. The van der Waals surface area contributed by atoms with E-state index in [9.17, 15) is 0 Å². The van der Waals surface area contributed by atoms with E-state index in [-0.39, 0.29) is 5.41 Å². The van der Waals surface area contributed by atoms with Crippen LogP contribution in [0.2, 0.25) is 0 Å². The third-order valence-corrected chi connectivity index (χ3v) is 8.66. The Balaban J connectivity index is 0.00000153. The Labute approximate surface area is 259 Å². The molecular weight excluding hydrogens is 532 g/mol. The summed E-state index contributed by atoms with van der Waals surface area (Å²) in [7, 11) is 0. The Bertz CT molecular complexity index is 2230. The van der Waals surface area contributed by atoms with Crippen LogP contribution in [-0.4, -0.2) is 9.13 Å². The second-order valence-corrected chi connectivity index (χ2v) is 12.3. The summed E-state index contributed by atoms with van der Waals surface area (Å²) in [6.07, 6.45) is 0. The lowest BCUT2D eigenvalue weighted by Gasteiger charge is -2.19. The van der Waals surface area contributed by atoms with E-state index in [0.717, 1.165) is 0 Å². The van der Waals surface area contributed by atoms with Crippen LogP contribution in [0.3, 0.4) is 0 Å². The number of para-hydroxylation sites is 3. The van der Waals surface area contributed by atoms with Gasteiger partial charge in [-0.1, -0.05) is 120 Å². The van der Waals surface area contributed by atoms with Crippen molar-refractivity contribution in [2.24, 2.45) is 0 Å². The van der Waals surface area contributed by atoms with E-state index >= 15 is 0 Å². The number of hydrogen-bond donors (Lipinski definition) is 0. The highest BCUT2D eigenvalue weighted by atomic mass is 15.0. The van der Waals surface area contributed by atoms with E-state index < -0.39 is 0 Å². The molecule has 44 heavy (non-hydrogen) atoms. The highest BCUT2D eigenvalue weighted by Crippen LogP contribution is 2.37. The van der Waals surface area contributed by atoms with Crippen molar-refractivity contribution >= 4 is 43.6 Å². The quantitative estimate of drug-likeness (QED) is 0.200. The van der Waals surface area contributed by atoms with Crippen LogP contribution in [0.1, 0.15) is 40.2 Å². The predicted octanol–water partition coefficient (Wildman–Crippen LogP) is 11.9. The molecule has 0 aliphatic heterocycles. The van der Waals surface area contributed by atoms with E-state index in [1.807, 2.05) is 13.8 Å². The Morgan fingerprint density at radius 1 is 0.386 bits per heavy atom. The normalized spacial score (nSPS) is 11.8. The molecule has 0 radical (unpaired) electrons. The molecule has 0 N–H and O–H groups in total. The summed E-state index contributed by atoms with van der Waals surface area (Å²) in [5.41, 5.74) is 11.1. The second-order valence-electron chi connectivity index (χ2n) is 12.3. The van der Waals surface area contributed by atoms with Crippen molar-refractivity contribution in [3.8, 4) is 22.5 Å². The summed E-state index contributed by atoms with van der Waals surface area (Å²) < 4.78 is 4.80. The van der Waals surface area contributed by atoms with E-state index in [1.54, 1.807) is 0 Å². The van der Waals surface area contributed by atoms with Crippen molar-refractivity contribution in [1.82, 2.24) is 9.13 Å². The minimum atomic E-state index is 0.0959. The van der Waals surface area contributed by atoms with Crippen LogP contribution in [0, 0.1) is 0 Å². The van der Waals surface area contributed by atoms with Gasteiger partial charge in [0.15, 0.2) is 0 Å². The molecule has 0 aliphatic carbocycles. The Hall–Kier alpha value is -5.08. The Kier molecular flexibility index (Phi) is 6.86. The molecule has 2 aromatic heterocycles. The SMILES string of the molecule is CC.CC(C)(C)c1ccc2c(c1)c1ccccc1n2-c1cccc(-c2cccc(-n3c4ccccc4c4ccccc43)c2)c1. The lowest BCUT2D eigenvalue weighted by molar-refractivity contribution is 0.591. The summed E-state index contributed by atoms with van der Waals surface area (Å²) in [4.78, 5) is 0. The number of benzene rings is 6. The molecule has 216 valence electrons. The number of nitrogens with zero attached hydrogens (tertiary/aromatic N) is 2. The van der Waals surface area contributed by atoms with E-state index in [4.69, 9.17) is 0 Å². The first kappa shape index (κ1) is 27.7. The third kappa shape index (κ3) is 4.50. The maximum Gasteiger partial charge on any atom is 0.0541 e. The first-order valence-electron chi connectivity index (χ1n) is 15.7. The standard InChI is InChI=1S/C40H32N2.C2H6/c1-40(2,3)29-22-23-39-35(26-29)34-18-6-9-21-38(34)42(39)31-15-11-13-28(25-31)27-12-10-14-30(24-27)41-36-19-7-4-16-32(36)33-17-5-8-20-37(33)41;1-2/h4-26H,1-3H3;1-2H3. The number of fused-ring (bicyclic) bond motifs is 6. The zero-order valence-electron chi connectivity index (χ0n) is 26.2. The molecule has 2 heteroatoms. The molecule has 0 saturated heterocycles. The molecule has 0 fully saturated rings. The highest BCUT2D eigenvalue weighted by Gasteiger charge is 2.18. The maximum atomic E-state index is 2.41. The van der Waals surface area contributed by atoms with Crippen molar-refractivity contribution in [3.05, 3.63) is 145 Å². The molecule has 2 nitrogen and oxygen atoms in total. The van der Waals surface area contributed by atoms with Crippen molar-refractivity contribution in [2.45, 2.75) is 40.0 Å². The van der Waals surface area contributed by atoms with Crippen LogP contribution in [-0.2, 0) is 5.41 Å². The van der Waals surface area contributed by atoms with Crippen molar-refractivity contribution in [2.75, 3.05) is 0 Å². The van der Waals surface area contributed by atoms with Gasteiger partial charge in [-0.25, -0.2) is 0 Å². The van der Waals surface area contributed by atoms with Crippen LogP contribution in [0.25, 0.3) is 66.1 Å². The average Bonchev–Trinajstić information content (AvgIpc) is 3.58. The van der Waals surface area contributed by atoms with Crippen LogP contribution in [0.5, 0.6) is 0 Å². The molecule has 0 amide bonds. The zero-order valence-corrected chi connectivity index (χ0v) is 26.2. The summed E-state index contributed by atoms with van der Waals surface area (Å²) in [5.74, 6) is 0. The molecule has 8 aromatic rings. The van der Waals surface area contributed by atoms with Gasteiger partial charge in [-0.2, -0.15) is 0 Å². The minimum Gasteiger partial charge on any atom is -0.309 e. The zero-order chi connectivity index (χ0) is 30.4. The van der Waals surface area contributed by atoms with Gasteiger partial charge in [0.05, 0.1) is 22.1 Å². The van der Waals surface area contributed by atoms with E-state index in [0.29, 0.717) is 0 Å². The lowest BCUT2D eigenvalue weighted by atomic mass is 9.86. The van der Waals surface area contributed by atoms with Crippen molar-refractivity contribution in [3.63, 3.8) is 0 Å². The number of hydrogen-bond acceptors (Lipinski definition) is 0. The van der Waals surface area contributed by atoms with Crippen molar-refractivity contribution < 1.29 is 0 Å². The van der Waals surface area contributed by atoms with Crippen LogP contribution in [0.15, 0.2) is 140 Å². The van der Waals surface area contributed by atoms with Gasteiger partial charge < -0.3 is 9.13 Å². The molecule has 0 spiro atoms. The van der Waals surface area contributed by atoms with Gasteiger partial charge in [0.25, 0.3) is 0 Å². The predicted molar refractivity (Wildman–Crippen MR) is 191 cm³/mol. The summed E-state index contributed by atoms with van der Waals surface area (Å²) >= 11 is 0. The molecule has 0 aliphatic rings. The highest BCUT2D eigenvalue weighted by molar-refractivity contribution is 6.10. The fourth-order valence-electron chi connectivity index (χ4n) is 6.57. The second kappa shape index (κ2) is 10.9. The molecular formula is C42H38N2. The van der Waals surface area contributed by atoms with Gasteiger partial charge in [0.2, 0.25) is 0 Å². The van der Waals surface area contributed by atoms with Gasteiger partial charge in [0, 0.05) is 32.9 Å². The van der Waals surface area contributed by atoms with Gasteiger partial charge in [-0.3, -0.25) is 0 Å². The first-order chi connectivity index (χ1) is 21.5. The van der Waals surface area contributed by atoms with Crippen LogP contribution >= 0.6 is 0 Å². The van der Waals surface area contributed by atoms with E-state index in [1.165, 1.54) is 71.7 Å². The Morgan fingerprint density at radius 2 is 0.795 bits per heavy atom. The Morgan fingerprint density at radius 3 is 1.25 bits per heavy atom. The molecule has 0 atom stereocenters. The molecule has 0 unspecified atom stereocenters. The summed E-state index contributed by atoms with van der Waals surface area (Å²) in [6, 6.07) is 51.0. The van der Waals surface area contributed by atoms with Gasteiger partial charge in [-0.05, 0) is 76.7 Å². The topological polar surface area (TPSA) is 9.86 Å². The molecule has 6 aromatic carbocycles. The van der Waals surface area contributed by atoms with Gasteiger partial charge >= 0.3 is 0 Å². The number of aromatic nitrogens is 2. The average molecular weight is 571 g/mol. The monoisotopic (exact) mass is 570 g/mol. The molecule has 0 bridgehead atoms. The summed E-state index contributed by atoms with van der Waals surface area (Å²) in [6.45, 7) is 10.8. The van der Waals surface area contributed by atoms with Crippen LogP contribution < -0.4 is 0 Å². The van der Waals surface area contributed by atoms with E-state index in [2.05, 4.69) is 169 Å². The smallest absolute Gasteiger partial charge is 0.0541 e.